The Labute approximate surface area is 132 Å². The fourth-order valence-corrected chi connectivity index (χ4v) is 2.96. The van der Waals surface area contributed by atoms with E-state index in [0.29, 0.717) is 10.6 Å². The molecular weight excluding hydrogens is 341 g/mol. The first kappa shape index (κ1) is 15.5. The van der Waals surface area contributed by atoms with Gasteiger partial charge in [0.2, 0.25) is 0 Å². The standard InChI is InChI=1S/C16H16BrClFN/c1-9-7-12(14(18)8-15(9)19)16(20-3)11-5-4-6-13(17)10(11)2/h4-8,16,20H,1-3H3. The Balaban J connectivity index is 2.58. The Morgan fingerprint density at radius 2 is 1.90 bits per heavy atom. The van der Waals surface area contributed by atoms with Gasteiger partial charge in [0.05, 0.1) is 6.04 Å². The summed E-state index contributed by atoms with van der Waals surface area (Å²) >= 11 is 9.77. The molecule has 0 spiro atoms. The zero-order valence-electron chi connectivity index (χ0n) is 11.6. The third-order valence-electron chi connectivity index (χ3n) is 3.50. The monoisotopic (exact) mass is 355 g/mol. The number of aryl methyl sites for hydroxylation is 1. The van der Waals surface area contributed by atoms with E-state index in [2.05, 4.69) is 27.3 Å². The summed E-state index contributed by atoms with van der Waals surface area (Å²) in [5.41, 5.74) is 3.74. The minimum Gasteiger partial charge on any atom is -0.309 e. The van der Waals surface area contributed by atoms with E-state index in [1.807, 2.05) is 26.1 Å². The molecule has 2 aromatic carbocycles. The van der Waals surface area contributed by atoms with Crippen molar-refractivity contribution in [1.29, 1.82) is 0 Å². The number of rotatable bonds is 3. The highest BCUT2D eigenvalue weighted by atomic mass is 79.9. The van der Waals surface area contributed by atoms with Crippen molar-refractivity contribution in [2.75, 3.05) is 7.05 Å². The molecule has 0 aliphatic carbocycles. The molecule has 0 aliphatic heterocycles. The third-order valence-corrected chi connectivity index (χ3v) is 4.68. The maximum atomic E-state index is 13.6. The minimum atomic E-state index is -0.278. The van der Waals surface area contributed by atoms with Crippen LogP contribution in [-0.2, 0) is 0 Å². The van der Waals surface area contributed by atoms with Crippen LogP contribution in [-0.4, -0.2) is 7.05 Å². The Hall–Kier alpha value is -0.900. The fraction of sp³-hybridized carbons (Fsp3) is 0.250. The van der Waals surface area contributed by atoms with Crippen LogP contribution in [0.25, 0.3) is 0 Å². The molecule has 4 heteroatoms. The summed E-state index contributed by atoms with van der Waals surface area (Å²) in [6, 6.07) is 9.16. The highest BCUT2D eigenvalue weighted by Crippen LogP contribution is 2.33. The average molecular weight is 357 g/mol. The quantitative estimate of drug-likeness (QED) is 0.800. The molecule has 0 amide bonds. The van der Waals surface area contributed by atoms with Gasteiger partial charge in [0.1, 0.15) is 5.82 Å². The Kier molecular flexibility index (Phi) is 4.84. The van der Waals surface area contributed by atoms with Crippen LogP contribution >= 0.6 is 27.5 Å². The molecule has 0 saturated heterocycles. The van der Waals surface area contributed by atoms with Gasteiger partial charge in [-0.3, -0.25) is 0 Å². The summed E-state index contributed by atoms with van der Waals surface area (Å²) in [5, 5.41) is 3.70. The molecule has 0 aliphatic rings. The van der Waals surface area contributed by atoms with Crippen LogP contribution in [0.1, 0.15) is 28.3 Å². The van der Waals surface area contributed by atoms with Crippen molar-refractivity contribution < 1.29 is 4.39 Å². The van der Waals surface area contributed by atoms with E-state index in [9.17, 15) is 4.39 Å². The SMILES string of the molecule is CNC(c1cc(C)c(F)cc1Cl)c1cccc(Br)c1C. The van der Waals surface area contributed by atoms with Gasteiger partial charge in [0.25, 0.3) is 0 Å². The molecular formula is C16H16BrClFN. The first-order valence-electron chi connectivity index (χ1n) is 6.33. The number of hydrogen-bond donors (Lipinski definition) is 1. The van der Waals surface area contributed by atoms with Crippen molar-refractivity contribution in [3.63, 3.8) is 0 Å². The van der Waals surface area contributed by atoms with E-state index >= 15 is 0 Å². The number of benzene rings is 2. The lowest BCUT2D eigenvalue weighted by molar-refractivity contribution is 0.614. The lowest BCUT2D eigenvalue weighted by Crippen LogP contribution is -2.19. The second-order valence-electron chi connectivity index (χ2n) is 4.80. The van der Waals surface area contributed by atoms with E-state index in [0.717, 1.165) is 21.2 Å². The molecule has 1 N–H and O–H groups in total. The van der Waals surface area contributed by atoms with Crippen molar-refractivity contribution in [3.8, 4) is 0 Å². The summed E-state index contributed by atoms with van der Waals surface area (Å²) in [4.78, 5) is 0. The van der Waals surface area contributed by atoms with Gasteiger partial charge in [-0.2, -0.15) is 0 Å². The molecule has 106 valence electrons. The fourth-order valence-electron chi connectivity index (χ4n) is 2.32. The average Bonchev–Trinajstić information content (AvgIpc) is 2.41. The van der Waals surface area contributed by atoms with Gasteiger partial charge in [-0.1, -0.05) is 39.7 Å². The second kappa shape index (κ2) is 6.25. The summed E-state index contributed by atoms with van der Waals surface area (Å²) in [6.45, 7) is 3.80. The van der Waals surface area contributed by atoms with E-state index < -0.39 is 0 Å². The van der Waals surface area contributed by atoms with Gasteiger partial charge in [0, 0.05) is 9.50 Å². The summed E-state index contributed by atoms with van der Waals surface area (Å²) in [6.07, 6.45) is 0. The van der Waals surface area contributed by atoms with Gasteiger partial charge in [-0.25, -0.2) is 4.39 Å². The van der Waals surface area contributed by atoms with Crippen molar-refractivity contribution in [1.82, 2.24) is 5.32 Å². The van der Waals surface area contributed by atoms with Gasteiger partial charge in [-0.05, 0) is 61.3 Å². The highest BCUT2D eigenvalue weighted by Gasteiger charge is 2.19. The zero-order valence-corrected chi connectivity index (χ0v) is 13.9. The molecule has 2 aromatic rings. The number of halogens is 3. The van der Waals surface area contributed by atoms with Crippen LogP contribution < -0.4 is 5.32 Å². The van der Waals surface area contributed by atoms with Crippen molar-refractivity contribution >= 4 is 27.5 Å². The zero-order chi connectivity index (χ0) is 14.9. The number of hydrogen-bond acceptors (Lipinski definition) is 1. The number of nitrogens with one attached hydrogen (secondary N) is 1. The topological polar surface area (TPSA) is 12.0 Å². The molecule has 0 radical (unpaired) electrons. The maximum absolute atomic E-state index is 13.6. The summed E-state index contributed by atoms with van der Waals surface area (Å²) in [5.74, 6) is -0.278. The van der Waals surface area contributed by atoms with Gasteiger partial charge in [-0.15, -0.1) is 0 Å². The molecule has 1 unspecified atom stereocenters. The smallest absolute Gasteiger partial charge is 0.127 e. The molecule has 0 aromatic heterocycles. The van der Waals surface area contributed by atoms with Crippen LogP contribution in [0.3, 0.4) is 0 Å². The normalized spacial score (nSPS) is 12.5. The van der Waals surface area contributed by atoms with Gasteiger partial charge >= 0.3 is 0 Å². The van der Waals surface area contributed by atoms with E-state index in [1.165, 1.54) is 6.07 Å². The predicted octanol–water partition coefficient (Wildman–Crippen LogP) is 5.17. The molecule has 1 atom stereocenters. The Bertz CT molecular complexity index is 643. The molecule has 0 bridgehead atoms. The van der Waals surface area contributed by atoms with E-state index in [-0.39, 0.29) is 11.9 Å². The van der Waals surface area contributed by atoms with Crippen molar-refractivity contribution in [3.05, 3.63) is 67.9 Å². The van der Waals surface area contributed by atoms with Gasteiger partial charge < -0.3 is 5.32 Å². The van der Waals surface area contributed by atoms with Crippen LogP contribution in [0, 0.1) is 19.7 Å². The van der Waals surface area contributed by atoms with E-state index in [4.69, 9.17) is 11.6 Å². The maximum Gasteiger partial charge on any atom is 0.127 e. The second-order valence-corrected chi connectivity index (χ2v) is 6.06. The Morgan fingerprint density at radius 1 is 1.20 bits per heavy atom. The first-order chi connectivity index (χ1) is 9.45. The molecule has 0 heterocycles. The summed E-state index contributed by atoms with van der Waals surface area (Å²) < 4.78 is 14.6. The molecule has 1 nitrogen and oxygen atoms in total. The van der Waals surface area contributed by atoms with Crippen LogP contribution in [0.4, 0.5) is 4.39 Å². The summed E-state index contributed by atoms with van der Waals surface area (Å²) in [7, 11) is 1.88. The van der Waals surface area contributed by atoms with Crippen LogP contribution in [0.2, 0.25) is 5.02 Å². The third kappa shape index (κ3) is 2.90. The molecule has 0 saturated carbocycles. The molecule has 0 fully saturated rings. The van der Waals surface area contributed by atoms with Crippen molar-refractivity contribution in [2.24, 2.45) is 0 Å². The minimum absolute atomic E-state index is 0.0701. The van der Waals surface area contributed by atoms with Crippen molar-refractivity contribution in [2.45, 2.75) is 19.9 Å². The van der Waals surface area contributed by atoms with Gasteiger partial charge in [0.15, 0.2) is 0 Å². The molecule has 20 heavy (non-hydrogen) atoms. The lowest BCUT2D eigenvalue weighted by Gasteiger charge is -2.22. The van der Waals surface area contributed by atoms with E-state index in [1.54, 1.807) is 13.0 Å². The molecule has 2 rings (SSSR count). The van der Waals surface area contributed by atoms with Crippen LogP contribution in [0.5, 0.6) is 0 Å². The highest BCUT2D eigenvalue weighted by molar-refractivity contribution is 9.10. The Morgan fingerprint density at radius 3 is 2.55 bits per heavy atom. The first-order valence-corrected chi connectivity index (χ1v) is 7.50. The largest absolute Gasteiger partial charge is 0.309 e. The van der Waals surface area contributed by atoms with Crippen LogP contribution in [0.15, 0.2) is 34.8 Å². The lowest BCUT2D eigenvalue weighted by atomic mass is 9.94. The predicted molar refractivity (Wildman–Crippen MR) is 85.9 cm³/mol.